The van der Waals surface area contributed by atoms with E-state index in [1.54, 1.807) is 0 Å². The van der Waals surface area contributed by atoms with Crippen molar-refractivity contribution in [2.45, 2.75) is 45.4 Å². The van der Waals surface area contributed by atoms with Crippen molar-refractivity contribution in [2.24, 2.45) is 5.92 Å². The van der Waals surface area contributed by atoms with Crippen LogP contribution < -0.4 is 5.32 Å². The molecule has 3 aromatic rings. The third-order valence-corrected chi connectivity index (χ3v) is 5.81. The Morgan fingerprint density at radius 3 is 2.70 bits per heavy atom. The van der Waals surface area contributed by atoms with Gasteiger partial charge in [-0.2, -0.15) is 4.98 Å². The number of amides is 1. The van der Waals surface area contributed by atoms with Crippen molar-refractivity contribution < 1.29 is 9.32 Å². The van der Waals surface area contributed by atoms with Crippen LogP contribution >= 0.6 is 11.3 Å². The Hall–Kier alpha value is -2.54. The molecule has 0 bridgehead atoms. The maximum atomic E-state index is 12.4. The molecule has 2 aromatic heterocycles. The van der Waals surface area contributed by atoms with Crippen molar-refractivity contribution in [3.8, 4) is 22.0 Å². The van der Waals surface area contributed by atoms with Crippen molar-refractivity contribution >= 4 is 22.4 Å². The van der Waals surface area contributed by atoms with Gasteiger partial charge in [0.05, 0.1) is 5.69 Å². The normalized spacial score (nSPS) is 14.6. The zero-order valence-corrected chi connectivity index (χ0v) is 16.1. The zero-order valence-electron chi connectivity index (χ0n) is 15.3. The molecule has 1 aromatic carbocycles. The van der Waals surface area contributed by atoms with E-state index in [2.05, 4.69) is 20.4 Å². The van der Waals surface area contributed by atoms with Crippen LogP contribution in [0.2, 0.25) is 0 Å². The number of rotatable bonds is 6. The van der Waals surface area contributed by atoms with Crippen LogP contribution in [0.5, 0.6) is 0 Å². The lowest BCUT2D eigenvalue weighted by molar-refractivity contribution is -0.117. The predicted octanol–water partition coefficient (Wildman–Crippen LogP) is 4.94. The molecule has 0 atom stereocenters. The Labute approximate surface area is 162 Å². The summed E-state index contributed by atoms with van der Waals surface area (Å²) < 4.78 is 5.43. The lowest BCUT2D eigenvalue weighted by Crippen LogP contribution is -2.14. The number of aromatic nitrogens is 3. The van der Waals surface area contributed by atoms with E-state index in [-0.39, 0.29) is 5.91 Å². The minimum Gasteiger partial charge on any atom is -0.333 e. The van der Waals surface area contributed by atoms with Crippen LogP contribution in [0, 0.1) is 5.92 Å². The molecule has 6 nitrogen and oxygen atoms in total. The van der Waals surface area contributed by atoms with Gasteiger partial charge in [-0.05, 0) is 18.8 Å². The molecule has 7 heteroatoms. The molecule has 0 aliphatic heterocycles. The molecular weight excluding hydrogens is 360 g/mol. The number of anilines is 1. The van der Waals surface area contributed by atoms with E-state index in [1.165, 1.54) is 24.2 Å². The number of hydrogen-bond acceptors (Lipinski definition) is 6. The molecule has 0 unspecified atom stereocenters. The van der Waals surface area contributed by atoms with Gasteiger partial charge in [-0.1, -0.05) is 66.6 Å². The Morgan fingerprint density at radius 1 is 1.22 bits per heavy atom. The largest absolute Gasteiger partial charge is 0.333 e. The predicted molar refractivity (Wildman–Crippen MR) is 105 cm³/mol. The third kappa shape index (κ3) is 4.08. The molecule has 1 amide bonds. The number of thiazole rings is 1. The van der Waals surface area contributed by atoms with Gasteiger partial charge in [0.1, 0.15) is 4.88 Å². The summed E-state index contributed by atoms with van der Waals surface area (Å²) in [5, 5.41) is 7.53. The van der Waals surface area contributed by atoms with Crippen molar-refractivity contribution in [1.29, 1.82) is 0 Å². The fourth-order valence-electron chi connectivity index (χ4n) is 3.45. The first-order chi connectivity index (χ1) is 13.2. The van der Waals surface area contributed by atoms with Crippen LogP contribution in [0.4, 0.5) is 5.13 Å². The third-order valence-electron chi connectivity index (χ3n) is 4.85. The SMILES string of the molecule is CCc1noc(-c2sc(NC(=O)CC3CCCC3)nc2-c2ccccc2)n1. The second-order valence-electron chi connectivity index (χ2n) is 6.83. The average Bonchev–Trinajstić information content (AvgIpc) is 3.42. The molecule has 0 spiro atoms. The van der Waals surface area contributed by atoms with Crippen LogP contribution in [-0.2, 0) is 11.2 Å². The highest BCUT2D eigenvalue weighted by molar-refractivity contribution is 7.19. The van der Waals surface area contributed by atoms with E-state index in [0.29, 0.717) is 35.6 Å². The van der Waals surface area contributed by atoms with E-state index in [4.69, 9.17) is 4.52 Å². The Bertz CT molecular complexity index is 913. The first kappa shape index (κ1) is 17.9. The van der Waals surface area contributed by atoms with Gasteiger partial charge in [-0.15, -0.1) is 0 Å². The molecule has 140 valence electrons. The van der Waals surface area contributed by atoms with E-state index < -0.39 is 0 Å². The topological polar surface area (TPSA) is 80.9 Å². The quantitative estimate of drug-likeness (QED) is 0.653. The molecule has 0 saturated heterocycles. The van der Waals surface area contributed by atoms with Crippen molar-refractivity contribution in [3.05, 3.63) is 36.2 Å². The Kier molecular flexibility index (Phi) is 5.29. The summed E-state index contributed by atoms with van der Waals surface area (Å²) in [4.78, 5) is 22.3. The number of benzene rings is 1. The van der Waals surface area contributed by atoms with E-state index in [0.717, 1.165) is 29.0 Å². The van der Waals surface area contributed by atoms with Gasteiger partial charge in [-0.3, -0.25) is 4.79 Å². The first-order valence-corrected chi connectivity index (χ1v) is 10.2. The number of carbonyl (C=O) groups is 1. The number of nitrogens with one attached hydrogen (secondary N) is 1. The van der Waals surface area contributed by atoms with Gasteiger partial charge in [0, 0.05) is 18.4 Å². The van der Waals surface area contributed by atoms with Crippen LogP contribution in [0.1, 0.15) is 44.9 Å². The summed E-state index contributed by atoms with van der Waals surface area (Å²) in [7, 11) is 0. The van der Waals surface area contributed by atoms with Crippen LogP contribution in [0.3, 0.4) is 0 Å². The van der Waals surface area contributed by atoms with Crippen LogP contribution in [-0.4, -0.2) is 21.0 Å². The fourth-order valence-corrected chi connectivity index (χ4v) is 4.37. The van der Waals surface area contributed by atoms with Gasteiger partial charge >= 0.3 is 0 Å². The molecule has 1 saturated carbocycles. The number of nitrogens with zero attached hydrogens (tertiary/aromatic N) is 3. The molecule has 1 fully saturated rings. The second-order valence-corrected chi connectivity index (χ2v) is 7.83. The number of hydrogen-bond donors (Lipinski definition) is 1. The first-order valence-electron chi connectivity index (χ1n) is 9.42. The van der Waals surface area contributed by atoms with Gasteiger partial charge in [0.15, 0.2) is 11.0 Å². The molecule has 27 heavy (non-hydrogen) atoms. The minimum absolute atomic E-state index is 0.0292. The molecule has 1 aliphatic rings. The molecular formula is C20H22N4O2S. The molecule has 4 rings (SSSR count). The highest BCUT2D eigenvalue weighted by Gasteiger charge is 2.23. The van der Waals surface area contributed by atoms with Gasteiger partial charge in [0.2, 0.25) is 5.91 Å². The lowest BCUT2D eigenvalue weighted by Gasteiger charge is -2.07. The zero-order chi connectivity index (χ0) is 18.6. The lowest BCUT2D eigenvalue weighted by atomic mass is 10.0. The maximum absolute atomic E-state index is 12.4. The highest BCUT2D eigenvalue weighted by Crippen LogP contribution is 2.38. The summed E-state index contributed by atoms with van der Waals surface area (Å²) in [5.41, 5.74) is 1.71. The smallest absolute Gasteiger partial charge is 0.270 e. The van der Waals surface area contributed by atoms with Gasteiger partial charge in [0.25, 0.3) is 5.89 Å². The van der Waals surface area contributed by atoms with Crippen LogP contribution in [0.25, 0.3) is 22.0 Å². The summed E-state index contributed by atoms with van der Waals surface area (Å²) in [6.07, 6.45) is 6.02. The van der Waals surface area contributed by atoms with Crippen molar-refractivity contribution in [3.63, 3.8) is 0 Å². The maximum Gasteiger partial charge on any atom is 0.270 e. The summed E-state index contributed by atoms with van der Waals surface area (Å²) in [6.45, 7) is 1.98. The van der Waals surface area contributed by atoms with Crippen LogP contribution in [0.15, 0.2) is 34.9 Å². The van der Waals surface area contributed by atoms with Crippen molar-refractivity contribution in [1.82, 2.24) is 15.1 Å². The standard InChI is InChI=1S/C20H22N4O2S/c1-2-15-21-19(26-24-15)18-17(14-10-4-3-5-11-14)23-20(27-18)22-16(25)12-13-8-6-7-9-13/h3-5,10-11,13H,2,6-9,12H2,1H3,(H,22,23,25). The fraction of sp³-hybridized carbons (Fsp3) is 0.400. The Balaban J connectivity index is 1.62. The Morgan fingerprint density at radius 2 is 2.00 bits per heavy atom. The number of carbonyl (C=O) groups excluding carboxylic acids is 1. The summed E-state index contributed by atoms with van der Waals surface area (Å²) in [6, 6.07) is 9.85. The van der Waals surface area contributed by atoms with E-state index >= 15 is 0 Å². The van der Waals surface area contributed by atoms with Gasteiger partial charge < -0.3 is 9.84 Å². The molecule has 2 heterocycles. The monoisotopic (exact) mass is 382 g/mol. The van der Waals surface area contributed by atoms with Crippen molar-refractivity contribution in [2.75, 3.05) is 5.32 Å². The summed E-state index contributed by atoms with van der Waals surface area (Å²) >= 11 is 1.38. The second kappa shape index (κ2) is 8.00. The average molecular weight is 382 g/mol. The minimum atomic E-state index is 0.0292. The summed E-state index contributed by atoms with van der Waals surface area (Å²) in [5.74, 6) is 1.63. The molecule has 1 aliphatic carbocycles. The number of aryl methyl sites for hydroxylation is 1. The highest BCUT2D eigenvalue weighted by atomic mass is 32.1. The van der Waals surface area contributed by atoms with E-state index in [9.17, 15) is 4.79 Å². The molecule has 1 N–H and O–H groups in total. The van der Waals surface area contributed by atoms with Gasteiger partial charge in [-0.25, -0.2) is 4.98 Å². The molecule has 0 radical (unpaired) electrons. The van der Waals surface area contributed by atoms with E-state index in [1.807, 2.05) is 37.3 Å².